The summed E-state index contributed by atoms with van der Waals surface area (Å²) in [6.45, 7) is 2.13. The van der Waals surface area contributed by atoms with E-state index in [1.807, 2.05) is 30.3 Å². The Morgan fingerprint density at radius 3 is 2.46 bits per heavy atom. The molecule has 0 spiro atoms. The summed E-state index contributed by atoms with van der Waals surface area (Å²) in [5.41, 5.74) is 2.95. The smallest absolute Gasteiger partial charge is 0.247 e. The number of rotatable bonds is 5. The Kier molecular flexibility index (Phi) is 5.25. The fourth-order valence-electron chi connectivity index (χ4n) is 2.46. The lowest BCUT2D eigenvalue weighted by atomic mass is 10.1. The van der Waals surface area contributed by atoms with Crippen LogP contribution in [0.2, 0.25) is 5.02 Å². The van der Waals surface area contributed by atoms with Crippen LogP contribution >= 0.6 is 11.6 Å². The molecular weight excluding hydrogens is 372 g/mol. The molecule has 0 saturated carbocycles. The van der Waals surface area contributed by atoms with Crippen LogP contribution in [0.25, 0.3) is 11.1 Å². The number of sulfone groups is 1. The van der Waals surface area contributed by atoms with Crippen LogP contribution in [0.3, 0.4) is 0 Å². The van der Waals surface area contributed by atoms with Crippen molar-refractivity contribution in [3.63, 3.8) is 0 Å². The van der Waals surface area contributed by atoms with Crippen molar-refractivity contribution in [1.82, 2.24) is 9.97 Å². The summed E-state index contributed by atoms with van der Waals surface area (Å²) >= 11 is 6.15. The largest absolute Gasteiger partial charge is 0.488 e. The Morgan fingerprint density at radius 2 is 1.81 bits per heavy atom. The molecule has 7 heteroatoms. The zero-order chi connectivity index (χ0) is 18.7. The average molecular weight is 389 g/mol. The van der Waals surface area contributed by atoms with E-state index < -0.39 is 9.84 Å². The third kappa shape index (κ3) is 4.20. The zero-order valence-electron chi connectivity index (χ0n) is 14.3. The number of nitrogens with zero attached hydrogens (tertiary/aromatic N) is 2. The van der Waals surface area contributed by atoms with Crippen molar-refractivity contribution in [2.24, 2.45) is 0 Å². The van der Waals surface area contributed by atoms with E-state index in [1.165, 1.54) is 6.20 Å². The first kappa shape index (κ1) is 18.4. The van der Waals surface area contributed by atoms with E-state index >= 15 is 0 Å². The highest BCUT2D eigenvalue weighted by Gasteiger charge is 2.16. The third-order valence-corrected chi connectivity index (χ3v) is 4.85. The first-order valence-corrected chi connectivity index (χ1v) is 10.1. The highest BCUT2D eigenvalue weighted by atomic mass is 35.5. The Labute approximate surface area is 157 Å². The molecule has 1 heterocycles. The molecule has 0 bridgehead atoms. The number of aromatic nitrogens is 2. The van der Waals surface area contributed by atoms with Crippen LogP contribution < -0.4 is 4.74 Å². The number of hydrogen-bond acceptors (Lipinski definition) is 5. The van der Waals surface area contributed by atoms with Crippen LogP contribution in [0.4, 0.5) is 0 Å². The van der Waals surface area contributed by atoms with Gasteiger partial charge in [0.25, 0.3) is 0 Å². The fraction of sp³-hybridized carbons (Fsp3) is 0.158. The number of ether oxygens (including phenoxy) is 1. The van der Waals surface area contributed by atoms with E-state index in [4.69, 9.17) is 16.3 Å². The van der Waals surface area contributed by atoms with Gasteiger partial charge in [0.2, 0.25) is 15.0 Å². The first-order chi connectivity index (χ1) is 12.3. The molecule has 26 heavy (non-hydrogen) atoms. The zero-order valence-corrected chi connectivity index (χ0v) is 15.9. The normalized spacial score (nSPS) is 11.3. The third-order valence-electron chi connectivity index (χ3n) is 3.76. The Hall–Kier alpha value is -2.44. The summed E-state index contributed by atoms with van der Waals surface area (Å²) in [5.74, 6) is 0.622. The van der Waals surface area contributed by atoms with E-state index in [9.17, 15) is 8.42 Å². The van der Waals surface area contributed by atoms with Gasteiger partial charge in [-0.05, 0) is 30.7 Å². The van der Waals surface area contributed by atoms with Crippen molar-refractivity contribution in [2.45, 2.75) is 18.7 Å². The Morgan fingerprint density at radius 1 is 1.08 bits per heavy atom. The van der Waals surface area contributed by atoms with Gasteiger partial charge in [-0.3, -0.25) is 0 Å². The predicted molar refractivity (Wildman–Crippen MR) is 101 cm³/mol. The standard InChI is InChI=1S/C19H17ClN2O3S/c1-13-17(11-21-19(22-13)26(2,23)24)16-10-15(20)8-9-18(16)25-12-14-6-4-3-5-7-14/h3-11H,12H2,1-2H3. The molecule has 0 saturated heterocycles. The van der Waals surface area contributed by atoms with Gasteiger partial charge in [-0.2, -0.15) is 0 Å². The quantitative estimate of drug-likeness (QED) is 0.616. The second kappa shape index (κ2) is 7.43. The summed E-state index contributed by atoms with van der Waals surface area (Å²) in [6.07, 6.45) is 2.56. The second-order valence-corrected chi connectivity index (χ2v) is 8.18. The summed E-state index contributed by atoms with van der Waals surface area (Å²) in [5, 5.41) is 0.339. The summed E-state index contributed by atoms with van der Waals surface area (Å²) < 4.78 is 29.2. The predicted octanol–water partition coefficient (Wildman–Crippen LogP) is 4.09. The van der Waals surface area contributed by atoms with Gasteiger partial charge in [-0.1, -0.05) is 41.9 Å². The van der Waals surface area contributed by atoms with Crippen molar-refractivity contribution in [3.05, 3.63) is 71.0 Å². The molecule has 0 aliphatic rings. The summed E-state index contributed by atoms with van der Waals surface area (Å²) in [4.78, 5) is 8.09. The second-order valence-electron chi connectivity index (χ2n) is 5.84. The number of aryl methyl sites for hydroxylation is 1. The van der Waals surface area contributed by atoms with Gasteiger partial charge < -0.3 is 4.74 Å². The molecule has 1 aromatic heterocycles. The van der Waals surface area contributed by atoms with Crippen LogP contribution in [0.15, 0.2) is 59.9 Å². The minimum absolute atomic E-state index is 0.201. The maximum Gasteiger partial charge on any atom is 0.247 e. The molecule has 0 fully saturated rings. The van der Waals surface area contributed by atoms with Crippen molar-refractivity contribution >= 4 is 21.4 Å². The molecule has 5 nitrogen and oxygen atoms in total. The topological polar surface area (TPSA) is 69.2 Å². The average Bonchev–Trinajstić information content (AvgIpc) is 2.61. The van der Waals surface area contributed by atoms with Crippen molar-refractivity contribution in [2.75, 3.05) is 6.26 Å². The molecule has 0 unspecified atom stereocenters. The van der Waals surface area contributed by atoms with Gasteiger partial charge in [0.15, 0.2) is 0 Å². The molecular formula is C19H17ClN2O3S. The minimum atomic E-state index is -3.47. The van der Waals surface area contributed by atoms with E-state index in [0.717, 1.165) is 11.8 Å². The summed E-state index contributed by atoms with van der Waals surface area (Å²) in [7, 11) is -3.47. The van der Waals surface area contributed by atoms with Gasteiger partial charge >= 0.3 is 0 Å². The van der Waals surface area contributed by atoms with Crippen LogP contribution in [0.5, 0.6) is 5.75 Å². The lowest BCUT2D eigenvalue weighted by Crippen LogP contribution is -2.06. The monoisotopic (exact) mass is 388 g/mol. The molecule has 0 radical (unpaired) electrons. The molecule has 3 rings (SSSR count). The van der Waals surface area contributed by atoms with Crippen LogP contribution in [-0.2, 0) is 16.4 Å². The highest BCUT2D eigenvalue weighted by molar-refractivity contribution is 7.90. The van der Waals surface area contributed by atoms with Gasteiger partial charge in [-0.25, -0.2) is 18.4 Å². The van der Waals surface area contributed by atoms with Crippen LogP contribution in [-0.4, -0.2) is 24.6 Å². The lowest BCUT2D eigenvalue weighted by Gasteiger charge is -2.14. The Balaban J connectivity index is 1.98. The van der Waals surface area contributed by atoms with Gasteiger partial charge in [-0.15, -0.1) is 0 Å². The molecule has 3 aromatic rings. The van der Waals surface area contributed by atoms with Gasteiger partial charge in [0.1, 0.15) is 12.4 Å². The van der Waals surface area contributed by atoms with E-state index in [0.29, 0.717) is 34.2 Å². The first-order valence-electron chi connectivity index (χ1n) is 7.85. The van der Waals surface area contributed by atoms with E-state index in [2.05, 4.69) is 9.97 Å². The lowest BCUT2D eigenvalue weighted by molar-refractivity contribution is 0.307. The molecule has 0 N–H and O–H groups in total. The summed E-state index contributed by atoms with van der Waals surface area (Å²) in [6, 6.07) is 15.1. The maximum absolute atomic E-state index is 11.6. The van der Waals surface area contributed by atoms with E-state index in [-0.39, 0.29) is 5.16 Å². The minimum Gasteiger partial charge on any atom is -0.488 e. The van der Waals surface area contributed by atoms with Gasteiger partial charge in [0.05, 0.1) is 5.69 Å². The number of hydrogen-bond donors (Lipinski definition) is 0. The fourth-order valence-corrected chi connectivity index (χ4v) is 3.18. The van der Waals surface area contributed by atoms with Crippen molar-refractivity contribution in [1.29, 1.82) is 0 Å². The van der Waals surface area contributed by atoms with Crippen LogP contribution in [0.1, 0.15) is 11.3 Å². The van der Waals surface area contributed by atoms with E-state index in [1.54, 1.807) is 25.1 Å². The molecule has 0 amide bonds. The maximum atomic E-state index is 11.6. The van der Waals surface area contributed by atoms with Crippen LogP contribution in [0, 0.1) is 6.92 Å². The molecule has 0 atom stereocenters. The Bertz CT molecular complexity index is 1040. The number of halogens is 1. The highest BCUT2D eigenvalue weighted by Crippen LogP contribution is 2.34. The van der Waals surface area contributed by atoms with Crippen molar-refractivity contribution in [3.8, 4) is 16.9 Å². The number of benzene rings is 2. The molecule has 0 aliphatic heterocycles. The molecule has 2 aromatic carbocycles. The van der Waals surface area contributed by atoms with Gasteiger partial charge in [0, 0.05) is 28.6 Å². The molecule has 134 valence electrons. The van der Waals surface area contributed by atoms with Crippen molar-refractivity contribution < 1.29 is 13.2 Å². The SMILES string of the molecule is Cc1nc(S(C)(=O)=O)ncc1-c1cc(Cl)ccc1OCc1ccccc1. The molecule has 0 aliphatic carbocycles.